The summed E-state index contributed by atoms with van der Waals surface area (Å²) < 4.78 is 2.15. The molecule has 3 heteroatoms. The van der Waals surface area contributed by atoms with E-state index in [4.69, 9.17) is 0 Å². The summed E-state index contributed by atoms with van der Waals surface area (Å²) in [6.07, 6.45) is 0. The van der Waals surface area contributed by atoms with Crippen molar-refractivity contribution in [3.8, 4) is 11.1 Å². The van der Waals surface area contributed by atoms with Gasteiger partial charge in [-0.25, -0.2) is 0 Å². The zero-order valence-corrected chi connectivity index (χ0v) is 14.4. The van der Waals surface area contributed by atoms with E-state index >= 15 is 0 Å². The first-order valence-corrected chi connectivity index (χ1v) is 8.27. The molecular formula is C18H12BBr2. The van der Waals surface area contributed by atoms with Gasteiger partial charge in [0.1, 0.15) is 0 Å². The zero-order chi connectivity index (χ0) is 14.7. The van der Waals surface area contributed by atoms with Gasteiger partial charge in [0.05, 0.1) is 0 Å². The van der Waals surface area contributed by atoms with Crippen LogP contribution in [0.4, 0.5) is 0 Å². The first-order chi connectivity index (χ1) is 10.2. The fourth-order valence-electron chi connectivity index (χ4n) is 2.21. The molecule has 0 atom stereocenters. The Balaban J connectivity index is 1.83. The summed E-state index contributed by atoms with van der Waals surface area (Å²) in [5.41, 5.74) is 4.83. The molecule has 0 aliphatic heterocycles. The minimum absolute atomic E-state index is 1.07. The minimum atomic E-state index is 1.07. The molecular weight excluding hydrogens is 387 g/mol. The molecule has 0 spiro atoms. The molecule has 0 amide bonds. The number of benzene rings is 3. The Kier molecular flexibility index (Phi) is 4.62. The molecule has 3 aromatic rings. The molecule has 0 aliphatic rings. The molecule has 3 aromatic carbocycles. The molecule has 0 N–H and O–H groups in total. The van der Waals surface area contributed by atoms with Gasteiger partial charge in [-0.3, -0.25) is 0 Å². The zero-order valence-electron chi connectivity index (χ0n) is 11.3. The molecule has 0 bridgehead atoms. The van der Waals surface area contributed by atoms with Gasteiger partial charge in [-0.1, -0.05) is 93.6 Å². The third-order valence-corrected chi connectivity index (χ3v) is 5.40. The monoisotopic (exact) mass is 397 g/mol. The Hall–Kier alpha value is -1.32. The van der Waals surface area contributed by atoms with Crippen LogP contribution in [0.1, 0.15) is 0 Å². The van der Waals surface area contributed by atoms with Gasteiger partial charge < -0.3 is 0 Å². The van der Waals surface area contributed by atoms with Crippen molar-refractivity contribution in [1.82, 2.24) is 0 Å². The van der Waals surface area contributed by atoms with Gasteiger partial charge in [0, 0.05) is 8.95 Å². The lowest BCUT2D eigenvalue weighted by atomic mass is 9.64. The predicted octanol–water partition coefficient (Wildman–Crippen LogP) is 4.53. The lowest BCUT2D eigenvalue weighted by Gasteiger charge is -2.07. The second-order valence-corrected chi connectivity index (χ2v) is 6.42. The molecule has 101 valence electrons. The van der Waals surface area contributed by atoms with E-state index in [9.17, 15) is 0 Å². The van der Waals surface area contributed by atoms with Crippen molar-refractivity contribution in [3.05, 3.63) is 81.7 Å². The minimum Gasteiger partial charge on any atom is -0.0813 e. The molecule has 0 saturated heterocycles. The van der Waals surface area contributed by atoms with Crippen molar-refractivity contribution < 1.29 is 0 Å². The van der Waals surface area contributed by atoms with Gasteiger partial charge in [0.15, 0.2) is 7.28 Å². The number of hydrogen-bond donors (Lipinski definition) is 0. The van der Waals surface area contributed by atoms with Gasteiger partial charge in [0.2, 0.25) is 0 Å². The van der Waals surface area contributed by atoms with E-state index in [0.29, 0.717) is 0 Å². The largest absolute Gasteiger partial charge is 0.192 e. The van der Waals surface area contributed by atoms with Crippen LogP contribution < -0.4 is 10.9 Å². The van der Waals surface area contributed by atoms with Crippen molar-refractivity contribution in [2.75, 3.05) is 0 Å². The standard InChI is InChI=1S/C18H12BBr2/c20-17-8-4-7-16(18(17)21)19-15-11-9-14(10-12-15)13-5-2-1-3-6-13/h1-12H. The SMILES string of the molecule is Brc1cccc([B]c2ccc(-c3ccccc3)cc2)c1Br. The lowest BCUT2D eigenvalue weighted by Crippen LogP contribution is -2.27. The van der Waals surface area contributed by atoms with E-state index in [-0.39, 0.29) is 0 Å². The van der Waals surface area contributed by atoms with Crippen LogP contribution in [0.5, 0.6) is 0 Å². The molecule has 0 aromatic heterocycles. The van der Waals surface area contributed by atoms with E-state index in [1.165, 1.54) is 16.6 Å². The molecule has 0 saturated carbocycles. The first-order valence-electron chi connectivity index (χ1n) is 6.68. The van der Waals surface area contributed by atoms with E-state index in [0.717, 1.165) is 14.4 Å². The quantitative estimate of drug-likeness (QED) is 0.568. The Labute approximate surface area is 142 Å². The Morgan fingerprint density at radius 2 is 1.29 bits per heavy atom. The summed E-state index contributed by atoms with van der Waals surface area (Å²) in [7, 11) is 2.17. The van der Waals surface area contributed by atoms with Crippen molar-refractivity contribution in [1.29, 1.82) is 0 Å². The number of halogens is 2. The molecule has 0 aliphatic carbocycles. The third kappa shape index (κ3) is 3.48. The van der Waals surface area contributed by atoms with Gasteiger partial charge in [-0.05, 0) is 33.1 Å². The van der Waals surface area contributed by atoms with E-state index in [1.54, 1.807) is 0 Å². The van der Waals surface area contributed by atoms with Crippen LogP contribution in [0, 0.1) is 0 Å². The molecule has 0 nitrogen and oxygen atoms in total. The average molecular weight is 399 g/mol. The Morgan fingerprint density at radius 3 is 2.00 bits per heavy atom. The summed E-state index contributed by atoms with van der Waals surface area (Å²) in [6, 6.07) is 25.2. The summed E-state index contributed by atoms with van der Waals surface area (Å²) in [5.74, 6) is 0. The summed E-state index contributed by atoms with van der Waals surface area (Å²) in [4.78, 5) is 0. The highest BCUT2D eigenvalue weighted by atomic mass is 79.9. The van der Waals surface area contributed by atoms with Crippen molar-refractivity contribution >= 4 is 50.1 Å². The number of hydrogen-bond acceptors (Lipinski definition) is 0. The normalized spacial score (nSPS) is 10.4. The van der Waals surface area contributed by atoms with Crippen LogP contribution in [-0.4, -0.2) is 7.28 Å². The third-order valence-electron chi connectivity index (χ3n) is 3.32. The number of rotatable bonds is 3. The molecule has 0 unspecified atom stereocenters. The maximum absolute atomic E-state index is 3.61. The maximum atomic E-state index is 3.61. The van der Waals surface area contributed by atoms with Gasteiger partial charge in [-0.15, -0.1) is 0 Å². The first kappa shape index (κ1) is 14.6. The highest BCUT2D eigenvalue weighted by Crippen LogP contribution is 2.20. The summed E-state index contributed by atoms with van der Waals surface area (Å²) in [5, 5.41) is 0. The van der Waals surface area contributed by atoms with Crippen LogP contribution in [0.25, 0.3) is 11.1 Å². The molecule has 0 heterocycles. The van der Waals surface area contributed by atoms with Crippen molar-refractivity contribution in [2.24, 2.45) is 0 Å². The van der Waals surface area contributed by atoms with Crippen LogP contribution in [0.3, 0.4) is 0 Å². The van der Waals surface area contributed by atoms with Crippen molar-refractivity contribution in [2.45, 2.75) is 0 Å². The molecule has 21 heavy (non-hydrogen) atoms. The second-order valence-electron chi connectivity index (χ2n) is 4.78. The van der Waals surface area contributed by atoms with Gasteiger partial charge in [-0.2, -0.15) is 0 Å². The van der Waals surface area contributed by atoms with Crippen LogP contribution in [0.2, 0.25) is 0 Å². The van der Waals surface area contributed by atoms with E-state index < -0.39 is 0 Å². The van der Waals surface area contributed by atoms with Gasteiger partial charge in [0.25, 0.3) is 0 Å². The fraction of sp³-hybridized carbons (Fsp3) is 0. The summed E-state index contributed by atoms with van der Waals surface area (Å²) in [6.45, 7) is 0. The average Bonchev–Trinajstić information content (AvgIpc) is 2.53. The van der Waals surface area contributed by atoms with Crippen LogP contribution in [-0.2, 0) is 0 Å². The highest BCUT2D eigenvalue weighted by Gasteiger charge is 2.06. The maximum Gasteiger partial charge on any atom is 0.192 e. The lowest BCUT2D eigenvalue weighted by molar-refractivity contribution is 1.63. The topological polar surface area (TPSA) is 0 Å². The van der Waals surface area contributed by atoms with Crippen LogP contribution >= 0.6 is 31.9 Å². The van der Waals surface area contributed by atoms with Crippen LogP contribution in [0.15, 0.2) is 81.7 Å². The Morgan fingerprint density at radius 1 is 0.619 bits per heavy atom. The highest BCUT2D eigenvalue weighted by molar-refractivity contribution is 9.13. The molecule has 3 rings (SSSR count). The summed E-state index contributed by atoms with van der Waals surface area (Å²) >= 11 is 7.15. The second kappa shape index (κ2) is 6.63. The van der Waals surface area contributed by atoms with E-state index in [2.05, 4.69) is 93.7 Å². The van der Waals surface area contributed by atoms with E-state index in [1.807, 2.05) is 18.2 Å². The molecule has 0 fully saturated rings. The predicted molar refractivity (Wildman–Crippen MR) is 98.7 cm³/mol. The van der Waals surface area contributed by atoms with Crippen molar-refractivity contribution in [3.63, 3.8) is 0 Å². The molecule has 1 radical (unpaired) electrons. The fourth-order valence-corrected chi connectivity index (χ4v) is 2.97. The smallest absolute Gasteiger partial charge is 0.0813 e. The Bertz CT molecular complexity index is 737. The van der Waals surface area contributed by atoms with Gasteiger partial charge >= 0.3 is 0 Å².